The number of oxazole rings is 1. The molecular weight excluding hydrogens is 446 g/mol. The third-order valence-electron chi connectivity index (χ3n) is 7.09. The molecule has 0 radical (unpaired) electrons. The summed E-state index contributed by atoms with van der Waals surface area (Å²) in [6, 6.07) is 3.49. The van der Waals surface area contributed by atoms with Crippen LogP contribution in [0.25, 0.3) is 11.1 Å². The van der Waals surface area contributed by atoms with Gasteiger partial charge in [0.1, 0.15) is 11.6 Å². The number of nitrogens with one attached hydrogen (secondary N) is 3. The summed E-state index contributed by atoms with van der Waals surface area (Å²) in [5, 5.41) is 20.3. The van der Waals surface area contributed by atoms with Crippen molar-refractivity contribution in [3.8, 4) is 0 Å². The number of amides is 2. The Bertz CT molecular complexity index is 1100. The van der Waals surface area contributed by atoms with E-state index in [1.54, 1.807) is 0 Å². The van der Waals surface area contributed by atoms with Crippen LogP contribution >= 0.6 is 0 Å². The molecule has 4 atom stereocenters. The number of aliphatic hydroxyl groups excluding tert-OH is 1. The maximum Gasteiger partial charge on any atom is 0.237 e. The Morgan fingerprint density at radius 1 is 1.31 bits per heavy atom. The summed E-state index contributed by atoms with van der Waals surface area (Å²) in [7, 11) is 0. The predicted molar refractivity (Wildman–Crippen MR) is 133 cm³/mol. The maximum atomic E-state index is 12.6. The molecule has 0 bridgehead atoms. The summed E-state index contributed by atoms with van der Waals surface area (Å²) in [5.74, 6) is 0.00286. The van der Waals surface area contributed by atoms with Crippen LogP contribution in [0.3, 0.4) is 0 Å². The summed E-state index contributed by atoms with van der Waals surface area (Å²) in [6.45, 7) is 5.01. The molecule has 188 valence electrons. The number of hydrogen-bond acceptors (Lipinski definition) is 7. The molecule has 1 aliphatic carbocycles. The lowest BCUT2D eigenvalue weighted by atomic mass is 9.73. The fourth-order valence-corrected chi connectivity index (χ4v) is 4.85. The Balaban J connectivity index is 1.35. The zero-order chi connectivity index (χ0) is 25.0. The first kappa shape index (κ1) is 25.1. The highest BCUT2D eigenvalue weighted by Gasteiger charge is 2.39. The minimum absolute atomic E-state index is 0.0621. The van der Waals surface area contributed by atoms with E-state index in [1.165, 1.54) is 0 Å². The molecule has 1 aromatic carbocycles. The molecule has 1 aliphatic heterocycles. The molecule has 0 spiro atoms. The molecule has 1 aromatic heterocycles. The predicted octanol–water partition coefficient (Wildman–Crippen LogP) is 1.68. The van der Waals surface area contributed by atoms with Gasteiger partial charge in [-0.2, -0.15) is 0 Å². The Morgan fingerprint density at radius 2 is 2.11 bits per heavy atom. The second-order valence-electron chi connectivity index (χ2n) is 9.64. The van der Waals surface area contributed by atoms with Crippen molar-refractivity contribution < 1.29 is 19.1 Å². The third-order valence-corrected chi connectivity index (χ3v) is 7.09. The molecule has 2 aliphatic rings. The number of fused-ring (bicyclic) bond motifs is 1. The van der Waals surface area contributed by atoms with Crippen molar-refractivity contribution in [2.45, 2.75) is 57.7 Å². The number of hydrogen-bond donors (Lipinski definition) is 5. The number of aromatic nitrogens is 1. The smallest absolute Gasteiger partial charge is 0.237 e. The summed E-state index contributed by atoms with van der Waals surface area (Å²) < 4.78 is 5.97. The van der Waals surface area contributed by atoms with Crippen LogP contribution in [0.5, 0.6) is 0 Å². The zero-order valence-corrected chi connectivity index (χ0v) is 20.3. The van der Waals surface area contributed by atoms with E-state index in [0.29, 0.717) is 50.2 Å². The van der Waals surface area contributed by atoms with E-state index < -0.39 is 11.5 Å². The first-order valence-electron chi connectivity index (χ1n) is 12.2. The third kappa shape index (κ3) is 5.63. The van der Waals surface area contributed by atoms with Gasteiger partial charge >= 0.3 is 0 Å². The molecule has 1 saturated heterocycles. The van der Waals surface area contributed by atoms with E-state index in [-0.39, 0.29) is 30.4 Å². The van der Waals surface area contributed by atoms with Crippen LogP contribution < -0.4 is 21.7 Å². The second-order valence-corrected chi connectivity index (χ2v) is 9.64. The summed E-state index contributed by atoms with van der Waals surface area (Å²) in [5.41, 5.74) is 8.43. The van der Waals surface area contributed by atoms with Crippen LogP contribution in [0.2, 0.25) is 0 Å². The molecule has 2 aromatic rings. The number of nitrogens with two attached hydrogens (primary N) is 1. The lowest BCUT2D eigenvalue weighted by molar-refractivity contribution is -0.123. The minimum atomic E-state index is -0.907. The lowest BCUT2D eigenvalue weighted by Crippen LogP contribution is -2.41. The molecule has 0 saturated carbocycles. The van der Waals surface area contributed by atoms with E-state index in [9.17, 15) is 14.7 Å². The van der Waals surface area contributed by atoms with Gasteiger partial charge in [-0.05, 0) is 62.8 Å². The maximum absolute atomic E-state index is 12.6. The largest absolute Gasteiger partial charge is 0.438 e. The van der Waals surface area contributed by atoms with Crippen LogP contribution in [-0.2, 0) is 9.59 Å². The van der Waals surface area contributed by atoms with Gasteiger partial charge in [-0.3, -0.25) is 9.59 Å². The molecule has 1 unspecified atom stereocenters. The standard InChI is InChI=1S/C26H35N5O4/c1-16-11-19-21(12-17(16)2)35-25(31-19)23(33)26(7-4-3-5-8-26)9-6-10-28-24(34)20-13-18(15-29-20)30-22(32)14-27/h3-5,7,11-12,18,20,23,29,33H,6,8-10,13-15,27H2,1-2H3,(H,28,34)(H,30,32)/t18-,20+,23?,26+/m1/s1. The summed E-state index contributed by atoms with van der Waals surface area (Å²) in [6.07, 6.45) is 9.59. The van der Waals surface area contributed by atoms with Gasteiger partial charge in [0, 0.05) is 24.5 Å². The van der Waals surface area contributed by atoms with Crippen LogP contribution in [-0.4, -0.2) is 53.6 Å². The number of carbonyl (C=O) groups is 2. The van der Waals surface area contributed by atoms with Gasteiger partial charge in [-0.25, -0.2) is 4.98 Å². The molecule has 1 fully saturated rings. The Kier molecular flexibility index (Phi) is 7.69. The Hall–Kier alpha value is -3.01. The molecule has 9 heteroatoms. The first-order valence-corrected chi connectivity index (χ1v) is 12.2. The molecule has 2 amide bonds. The first-order chi connectivity index (χ1) is 16.8. The van der Waals surface area contributed by atoms with Crippen molar-refractivity contribution >= 4 is 22.9 Å². The average Bonchev–Trinajstić information content (AvgIpc) is 3.49. The minimum Gasteiger partial charge on any atom is -0.438 e. The number of rotatable bonds is 9. The van der Waals surface area contributed by atoms with Crippen molar-refractivity contribution in [3.05, 3.63) is 53.5 Å². The fraction of sp³-hybridized carbons (Fsp3) is 0.500. The summed E-state index contributed by atoms with van der Waals surface area (Å²) in [4.78, 5) is 28.6. The van der Waals surface area contributed by atoms with Crippen LogP contribution in [0, 0.1) is 19.3 Å². The number of nitrogens with zero attached hydrogens (tertiary/aromatic N) is 1. The fourth-order valence-electron chi connectivity index (χ4n) is 4.85. The van der Waals surface area contributed by atoms with Gasteiger partial charge in [-0.1, -0.05) is 24.3 Å². The number of carbonyl (C=O) groups excluding carboxylic acids is 2. The summed E-state index contributed by atoms with van der Waals surface area (Å²) >= 11 is 0. The number of aryl methyl sites for hydroxylation is 2. The van der Waals surface area contributed by atoms with Crippen molar-refractivity contribution in [2.24, 2.45) is 11.1 Å². The van der Waals surface area contributed by atoms with Crippen molar-refractivity contribution in [3.63, 3.8) is 0 Å². The van der Waals surface area contributed by atoms with Gasteiger partial charge in [0.25, 0.3) is 0 Å². The quantitative estimate of drug-likeness (QED) is 0.343. The number of allylic oxidation sites excluding steroid dienone is 3. The van der Waals surface area contributed by atoms with Crippen LogP contribution in [0.1, 0.15) is 48.8 Å². The zero-order valence-electron chi connectivity index (χ0n) is 20.3. The van der Waals surface area contributed by atoms with E-state index in [2.05, 4.69) is 20.9 Å². The van der Waals surface area contributed by atoms with Crippen molar-refractivity contribution in [1.29, 1.82) is 0 Å². The Labute approximate surface area is 205 Å². The van der Waals surface area contributed by atoms with Crippen molar-refractivity contribution in [1.82, 2.24) is 20.9 Å². The highest BCUT2D eigenvalue weighted by molar-refractivity contribution is 5.83. The number of aliphatic hydroxyl groups is 1. The van der Waals surface area contributed by atoms with Gasteiger partial charge in [0.05, 0.1) is 12.6 Å². The van der Waals surface area contributed by atoms with Gasteiger partial charge in [0.15, 0.2) is 5.58 Å². The monoisotopic (exact) mass is 481 g/mol. The molecule has 35 heavy (non-hydrogen) atoms. The van der Waals surface area contributed by atoms with E-state index in [1.807, 2.05) is 50.3 Å². The van der Waals surface area contributed by atoms with Gasteiger partial charge in [-0.15, -0.1) is 0 Å². The molecule has 2 heterocycles. The van der Waals surface area contributed by atoms with Crippen molar-refractivity contribution in [2.75, 3.05) is 19.6 Å². The normalized spacial score (nSPS) is 24.6. The topological polar surface area (TPSA) is 143 Å². The second kappa shape index (κ2) is 10.7. The van der Waals surface area contributed by atoms with Gasteiger partial charge in [0.2, 0.25) is 17.7 Å². The number of benzene rings is 1. The molecular formula is C26H35N5O4. The molecule has 4 rings (SSSR count). The van der Waals surface area contributed by atoms with Crippen LogP contribution in [0.4, 0.5) is 0 Å². The average molecular weight is 482 g/mol. The van der Waals surface area contributed by atoms with E-state index in [0.717, 1.165) is 16.6 Å². The highest BCUT2D eigenvalue weighted by Crippen LogP contribution is 2.45. The van der Waals surface area contributed by atoms with E-state index >= 15 is 0 Å². The van der Waals surface area contributed by atoms with Crippen LogP contribution in [0.15, 0.2) is 40.9 Å². The highest BCUT2D eigenvalue weighted by atomic mass is 16.4. The lowest BCUT2D eigenvalue weighted by Gasteiger charge is -2.34. The van der Waals surface area contributed by atoms with Gasteiger partial charge < -0.3 is 31.2 Å². The SMILES string of the molecule is Cc1cc2nc(C(O)[C@@]3(CCCNC(=O)[C@@H]4C[C@@H](NC(=O)CN)CN4)C=CC=CC3)oc2cc1C. The van der Waals surface area contributed by atoms with E-state index in [4.69, 9.17) is 10.2 Å². The molecule has 9 nitrogen and oxygen atoms in total. The Morgan fingerprint density at radius 3 is 2.86 bits per heavy atom. The molecule has 6 N–H and O–H groups in total.